The van der Waals surface area contributed by atoms with Crippen molar-refractivity contribution in [1.29, 1.82) is 0 Å². The number of likely N-dealkylation sites (N-methyl/N-ethyl adjacent to an activating group) is 1. The lowest BCUT2D eigenvalue weighted by Gasteiger charge is -2.29. The van der Waals surface area contributed by atoms with Crippen LogP contribution in [0.15, 0.2) is 12.1 Å². The van der Waals surface area contributed by atoms with Crippen LogP contribution in [0.3, 0.4) is 0 Å². The van der Waals surface area contributed by atoms with Crippen molar-refractivity contribution in [2.75, 3.05) is 44.7 Å². The van der Waals surface area contributed by atoms with Gasteiger partial charge in [-0.2, -0.15) is 0 Å². The lowest BCUT2D eigenvalue weighted by Crippen LogP contribution is -2.29. The average Bonchev–Trinajstić information content (AvgIpc) is 2.63. The fraction of sp³-hybridized carbons (Fsp3) is 0.684. The first-order valence-corrected chi connectivity index (χ1v) is 9.52. The van der Waals surface area contributed by atoms with E-state index >= 15 is 0 Å². The molecule has 0 unspecified atom stereocenters. The summed E-state index contributed by atoms with van der Waals surface area (Å²) in [7, 11) is 2.06. The summed E-state index contributed by atoms with van der Waals surface area (Å²) in [6, 6.07) is 3.70. The van der Waals surface area contributed by atoms with E-state index in [1.807, 2.05) is 6.07 Å². The Morgan fingerprint density at radius 2 is 2.00 bits per heavy atom. The third-order valence-corrected chi connectivity index (χ3v) is 5.06. The van der Waals surface area contributed by atoms with E-state index in [4.69, 9.17) is 16.7 Å². The number of aliphatic hydroxyl groups is 1. The van der Waals surface area contributed by atoms with Crippen LogP contribution in [0.4, 0.5) is 5.82 Å². The van der Waals surface area contributed by atoms with Gasteiger partial charge in [0.15, 0.2) is 11.0 Å². The number of aliphatic hydroxyl groups excluding tert-OH is 1. The molecule has 1 aliphatic carbocycles. The quantitative estimate of drug-likeness (QED) is 0.754. The van der Waals surface area contributed by atoms with E-state index in [-0.39, 0.29) is 6.61 Å². The van der Waals surface area contributed by atoms with Crippen LogP contribution in [0.25, 0.3) is 0 Å². The molecule has 138 valence electrons. The highest BCUT2D eigenvalue weighted by atomic mass is 35.5. The molecule has 1 aromatic heterocycles. The molecule has 0 amide bonds. The van der Waals surface area contributed by atoms with Gasteiger partial charge in [-0.1, -0.05) is 30.4 Å². The van der Waals surface area contributed by atoms with Gasteiger partial charge in [-0.3, -0.25) is 4.90 Å². The van der Waals surface area contributed by atoms with Crippen molar-refractivity contribution in [3.8, 4) is 11.8 Å². The van der Waals surface area contributed by atoms with Crippen LogP contribution in [0.5, 0.6) is 0 Å². The molecular formula is C19H29ClN4O. The smallest absolute Gasteiger partial charge is 0.151 e. The highest BCUT2D eigenvalue weighted by Gasteiger charge is 2.21. The maximum absolute atomic E-state index is 9.00. The van der Waals surface area contributed by atoms with Gasteiger partial charge in [-0.25, -0.2) is 0 Å². The molecule has 25 heavy (non-hydrogen) atoms. The molecule has 6 heteroatoms. The van der Waals surface area contributed by atoms with Crippen LogP contribution >= 0.6 is 11.6 Å². The Morgan fingerprint density at radius 3 is 2.60 bits per heavy atom. The molecular weight excluding hydrogens is 336 g/mol. The van der Waals surface area contributed by atoms with Gasteiger partial charge in [0.05, 0.1) is 13.2 Å². The second-order valence-corrected chi connectivity index (χ2v) is 7.11. The molecule has 1 saturated carbocycles. The Labute approximate surface area is 156 Å². The number of rotatable bonds is 7. The van der Waals surface area contributed by atoms with Gasteiger partial charge in [0.1, 0.15) is 0 Å². The second-order valence-electron chi connectivity index (χ2n) is 6.73. The van der Waals surface area contributed by atoms with Gasteiger partial charge in [0.2, 0.25) is 0 Å². The number of nitrogens with zero attached hydrogens (tertiary/aromatic N) is 4. The van der Waals surface area contributed by atoms with Crippen molar-refractivity contribution in [1.82, 2.24) is 15.1 Å². The van der Waals surface area contributed by atoms with Crippen LogP contribution in [0.1, 0.15) is 32.6 Å². The summed E-state index contributed by atoms with van der Waals surface area (Å²) in [6.45, 7) is 5.70. The van der Waals surface area contributed by atoms with Crippen molar-refractivity contribution < 1.29 is 5.11 Å². The molecule has 0 bridgehead atoms. The van der Waals surface area contributed by atoms with Crippen molar-refractivity contribution >= 4 is 17.4 Å². The first-order chi connectivity index (χ1) is 12.1. The van der Waals surface area contributed by atoms with E-state index in [2.05, 4.69) is 45.8 Å². The van der Waals surface area contributed by atoms with E-state index in [9.17, 15) is 0 Å². The number of hydrogen-bond acceptors (Lipinski definition) is 5. The molecule has 1 heterocycles. The average molecular weight is 365 g/mol. The van der Waals surface area contributed by atoms with E-state index in [0.717, 1.165) is 25.5 Å². The predicted octanol–water partition coefficient (Wildman–Crippen LogP) is 2.69. The third kappa shape index (κ3) is 6.81. The van der Waals surface area contributed by atoms with Crippen LogP contribution in [0, 0.1) is 23.7 Å². The maximum Gasteiger partial charge on any atom is 0.151 e. The molecule has 1 N–H and O–H groups in total. The van der Waals surface area contributed by atoms with Crippen molar-refractivity contribution in [2.24, 2.45) is 11.8 Å². The van der Waals surface area contributed by atoms with Gasteiger partial charge in [-0.05, 0) is 50.3 Å². The van der Waals surface area contributed by atoms with Gasteiger partial charge in [-0.15, -0.1) is 10.2 Å². The summed E-state index contributed by atoms with van der Waals surface area (Å²) >= 11 is 5.79. The molecule has 0 aliphatic heterocycles. The molecule has 2 rings (SSSR count). The topological polar surface area (TPSA) is 52.5 Å². The van der Waals surface area contributed by atoms with E-state index in [1.165, 1.54) is 25.7 Å². The summed E-state index contributed by atoms with van der Waals surface area (Å²) in [5, 5.41) is 17.5. The SMILES string of the molecule is CCN(CC#C[C@H]1CC[C@H](CN(C)c2ccc(Cl)nn2)CC1)CCO. The Bertz CT molecular complexity index is 561. The highest BCUT2D eigenvalue weighted by Crippen LogP contribution is 2.29. The van der Waals surface area contributed by atoms with E-state index < -0.39 is 0 Å². The lowest BCUT2D eigenvalue weighted by molar-refractivity contribution is 0.216. The van der Waals surface area contributed by atoms with E-state index in [0.29, 0.717) is 23.5 Å². The maximum atomic E-state index is 9.00. The molecule has 1 fully saturated rings. The number of anilines is 1. The molecule has 0 saturated heterocycles. The summed E-state index contributed by atoms with van der Waals surface area (Å²) in [5.74, 6) is 8.80. The van der Waals surface area contributed by atoms with Crippen LogP contribution in [-0.2, 0) is 0 Å². The largest absolute Gasteiger partial charge is 0.395 e. The first-order valence-electron chi connectivity index (χ1n) is 9.14. The summed E-state index contributed by atoms with van der Waals surface area (Å²) in [5.41, 5.74) is 0. The summed E-state index contributed by atoms with van der Waals surface area (Å²) < 4.78 is 0. The minimum atomic E-state index is 0.201. The minimum absolute atomic E-state index is 0.201. The molecule has 0 radical (unpaired) electrons. The molecule has 1 aliphatic rings. The predicted molar refractivity (Wildman–Crippen MR) is 103 cm³/mol. The Hall–Kier alpha value is -1.35. The van der Waals surface area contributed by atoms with Gasteiger partial charge in [0, 0.05) is 26.1 Å². The molecule has 0 atom stereocenters. The van der Waals surface area contributed by atoms with Gasteiger partial charge >= 0.3 is 0 Å². The zero-order chi connectivity index (χ0) is 18.1. The number of halogens is 1. The number of hydrogen-bond donors (Lipinski definition) is 1. The summed E-state index contributed by atoms with van der Waals surface area (Å²) in [6.07, 6.45) is 4.76. The molecule has 0 spiro atoms. The fourth-order valence-corrected chi connectivity index (χ4v) is 3.38. The van der Waals surface area contributed by atoms with Crippen molar-refractivity contribution in [3.63, 3.8) is 0 Å². The van der Waals surface area contributed by atoms with Crippen molar-refractivity contribution in [3.05, 3.63) is 17.3 Å². The molecule has 5 nitrogen and oxygen atoms in total. The van der Waals surface area contributed by atoms with Gasteiger partial charge in [0.25, 0.3) is 0 Å². The van der Waals surface area contributed by atoms with Crippen LogP contribution < -0.4 is 4.90 Å². The monoisotopic (exact) mass is 364 g/mol. The zero-order valence-corrected chi connectivity index (χ0v) is 16.0. The molecule has 1 aromatic rings. The van der Waals surface area contributed by atoms with E-state index in [1.54, 1.807) is 6.07 Å². The summed E-state index contributed by atoms with van der Waals surface area (Å²) in [4.78, 5) is 4.33. The standard InChI is InChI=1S/C19H29ClN4O/c1-3-24(13-14-25)12-4-5-16-6-8-17(9-7-16)15-23(2)19-11-10-18(20)21-22-19/h10-11,16-17,25H,3,6-9,12-15H2,1-2H3/t16-,17-. The Kier molecular flexibility index (Phi) is 8.47. The van der Waals surface area contributed by atoms with Crippen molar-refractivity contribution in [2.45, 2.75) is 32.6 Å². The Balaban J connectivity index is 1.73. The third-order valence-electron chi connectivity index (χ3n) is 4.86. The second kappa shape index (κ2) is 10.6. The number of aromatic nitrogens is 2. The van der Waals surface area contributed by atoms with Crippen LogP contribution in [-0.4, -0.2) is 60.0 Å². The highest BCUT2D eigenvalue weighted by molar-refractivity contribution is 6.29. The van der Waals surface area contributed by atoms with Gasteiger partial charge < -0.3 is 10.0 Å². The molecule has 0 aromatic carbocycles. The fourth-order valence-electron chi connectivity index (χ4n) is 3.27. The normalized spacial score (nSPS) is 20.2. The van der Waals surface area contributed by atoms with Crippen LogP contribution in [0.2, 0.25) is 5.15 Å². The first kappa shape index (κ1) is 20.0. The minimum Gasteiger partial charge on any atom is -0.395 e. The lowest BCUT2D eigenvalue weighted by atomic mass is 9.82. The Morgan fingerprint density at radius 1 is 1.24 bits per heavy atom. The zero-order valence-electron chi connectivity index (χ0n) is 15.3.